The van der Waals surface area contributed by atoms with Crippen LogP contribution in [-0.2, 0) is 23.9 Å². The molecule has 4 atom stereocenters. The van der Waals surface area contributed by atoms with E-state index < -0.39 is 36.4 Å². The van der Waals surface area contributed by atoms with Gasteiger partial charge in [-0.2, -0.15) is 0 Å². The van der Waals surface area contributed by atoms with Gasteiger partial charge in [-0.1, -0.05) is 38.1 Å². The van der Waals surface area contributed by atoms with Gasteiger partial charge in [-0.05, 0) is 49.8 Å². The first-order valence-corrected chi connectivity index (χ1v) is 10.4. The first-order valence-electron chi connectivity index (χ1n) is 10.4. The summed E-state index contributed by atoms with van der Waals surface area (Å²) in [5, 5.41) is 2.68. The van der Waals surface area contributed by atoms with Gasteiger partial charge < -0.3 is 10.1 Å². The summed E-state index contributed by atoms with van der Waals surface area (Å²) in [7, 11) is 0. The summed E-state index contributed by atoms with van der Waals surface area (Å²) in [4.78, 5) is 50.6. The number of amides is 3. The highest BCUT2D eigenvalue weighted by Gasteiger charge is 2.50. The van der Waals surface area contributed by atoms with E-state index in [0.717, 1.165) is 11.3 Å². The Balaban J connectivity index is 1.52. The van der Waals surface area contributed by atoms with Crippen molar-refractivity contribution in [2.24, 2.45) is 11.8 Å². The van der Waals surface area contributed by atoms with Gasteiger partial charge in [0.2, 0.25) is 11.8 Å². The Morgan fingerprint density at radius 2 is 1.63 bits per heavy atom. The van der Waals surface area contributed by atoms with Crippen LogP contribution in [0.5, 0.6) is 0 Å². The van der Waals surface area contributed by atoms with Crippen LogP contribution >= 0.6 is 0 Å². The van der Waals surface area contributed by atoms with E-state index in [0.29, 0.717) is 24.4 Å². The Morgan fingerprint density at radius 3 is 2.17 bits per heavy atom. The highest BCUT2D eigenvalue weighted by molar-refractivity contribution is 6.08. The second-order valence-electron chi connectivity index (χ2n) is 7.97. The maximum absolute atomic E-state index is 12.6. The molecule has 0 saturated carbocycles. The summed E-state index contributed by atoms with van der Waals surface area (Å²) < 4.78 is 5.07. The largest absolute Gasteiger partial charge is 0.454 e. The Kier molecular flexibility index (Phi) is 6.70. The number of likely N-dealkylation sites (tertiary alicyclic amines) is 1. The molecule has 7 heteroatoms. The molecule has 3 amide bonds. The van der Waals surface area contributed by atoms with Gasteiger partial charge in [0, 0.05) is 5.69 Å². The van der Waals surface area contributed by atoms with Gasteiger partial charge in [-0.3, -0.25) is 19.3 Å². The van der Waals surface area contributed by atoms with Gasteiger partial charge in [-0.25, -0.2) is 4.79 Å². The fourth-order valence-electron chi connectivity index (χ4n) is 3.90. The van der Waals surface area contributed by atoms with Crippen LogP contribution in [0.2, 0.25) is 0 Å². The number of anilines is 1. The van der Waals surface area contributed by atoms with Crippen molar-refractivity contribution in [2.75, 3.05) is 11.9 Å². The number of carbonyl (C=O) groups is 4. The molecular weight excluding hydrogens is 384 g/mol. The number of rotatable bonds is 7. The van der Waals surface area contributed by atoms with E-state index in [2.05, 4.69) is 19.2 Å². The Hall–Kier alpha value is -2.96. The molecule has 0 spiro atoms. The summed E-state index contributed by atoms with van der Waals surface area (Å²) in [5.41, 5.74) is 1.80. The second-order valence-corrected chi connectivity index (χ2v) is 7.97. The number of benzene rings is 1. The van der Waals surface area contributed by atoms with E-state index in [1.807, 2.05) is 24.3 Å². The molecule has 1 aromatic carbocycles. The molecule has 1 saturated heterocycles. The minimum atomic E-state index is -1.06. The van der Waals surface area contributed by atoms with Gasteiger partial charge in [0.15, 0.2) is 6.61 Å². The number of esters is 1. The molecule has 1 aliphatic heterocycles. The fraction of sp³-hybridized carbons (Fsp3) is 0.478. The van der Waals surface area contributed by atoms with Crippen LogP contribution in [0.25, 0.3) is 0 Å². The third-order valence-electron chi connectivity index (χ3n) is 5.99. The van der Waals surface area contributed by atoms with Crippen LogP contribution in [0.4, 0.5) is 5.69 Å². The molecule has 7 nitrogen and oxygen atoms in total. The van der Waals surface area contributed by atoms with Gasteiger partial charge in [0.1, 0.15) is 6.04 Å². The molecule has 160 valence electrons. The lowest BCUT2D eigenvalue weighted by molar-refractivity contribution is -0.159. The smallest absolute Gasteiger partial charge is 0.329 e. The highest BCUT2D eigenvalue weighted by atomic mass is 16.5. The lowest BCUT2D eigenvalue weighted by Gasteiger charge is -2.21. The van der Waals surface area contributed by atoms with Crippen molar-refractivity contribution in [3.63, 3.8) is 0 Å². The molecule has 0 bridgehead atoms. The van der Waals surface area contributed by atoms with Crippen molar-refractivity contribution in [1.82, 2.24) is 4.90 Å². The van der Waals surface area contributed by atoms with Gasteiger partial charge >= 0.3 is 5.97 Å². The predicted molar refractivity (Wildman–Crippen MR) is 111 cm³/mol. The summed E-state index contributed by atoms with van der Waals surface area (Å²) in [5.74, 6) is -2.31. The lowest BCUT2D eigenvalue weighted by Crippen LogP contribution is -2.45. The first kappa shape index (κ1) is 21.7. The van der Waals surface area contributed by atoms with E-state index in [1.54, 1.807) is 12.1 Å². The van der Waals surface area contributed by atoms with Crippen molar-refractivity contribution in [1.29, 1.82) is 0 Å². The van der Waals surface area contributed by atoms with Crippen molar-refractivity contribution < 1.29 is 23.9 Å². The average molecular weight is 412 g/mol. The predicted octanol–water partition coefficient (Wildman–Crippen LogP) is 3.02. The molecule has 30 heavy (non-hydrogen) atoms. The summed E-state index contributed by atoms with van der Waals surface area (Å²) in [6.07, 6.45) is 5.81. The van der Waals surface area contributed by atoms with Crippen LogP contribution in [0.3, 0.4) is 0 Å². The number of allylic oxidation sites excluding steroid dienone is 2. The number of ether oxygens (including phenoxy) is 1. The van der Waals surface area contributed by atoms with Crippen LogP contribution < -0.4 is 5.32 Å². The maximum atomic E-state index is 12.6. The molecule has 1 aliphatic carbocycles. The first-order chi connectivity index (χ1) is 14.3. The third kappa shape index (κ3) is 4.45. The minimum absolute atomic E-state index is 0.343. The summed E-state index contributed by atoms with van der Waals surface area (Å²) >= 11 is 0. The van der Waals surface area contributed by atoms with E-state index >= 15 is 0 Å². The molecule has 0 radical (unpaired) electrons. The number of nitrogens with zero attached hydrogens (tertiary/aromatic N) is 1. The molecule has 1 heterocycles. The molecule has 1 aromatic rings. The third-order valence-corrected chi connectivity index (χ3v) is 5.99. The van der Waals surface area contributed by atoms with E-state index in [9.17, 15) is 19.2 Å². The van der Waals surface area contributed by atoms with E-state index in [-0.39, 0.29) is 11.8 Å². The fourth-order valence-corrected chi connectivity index (χ4v) is 3.90. The van der Waals surface area contributed by atoms with E-state index in [4.69, 9.17) is 4.74 Å². The lowest BCUT2D eigenvalue weighted by atomic mass is 9.85. The van der Waals surface area contributed by atoms with Crippen LogP contribution in [-0.4, -0.2) is 41.2 Å². The molecule has 1 N–H and O–H groups in total. The number of nitrogens with one attached hydrogen (secondary N) is 1. The van der Waals surface area contributed by atoms with Gasteiger partial charge in [0.25, 0.3) is 5.91 Å². The Labute approximate surface area is 176 Å². The standard InChI is InChI=1S/C23H28N2O5/c1-4-14(2)16-9-11-17(12-10-16)24-20(26)13-30-23(29)15(3)25-21(27)18-7-5-6-8-19(18)22(25)28/h5-6,9-12,14-15,18-19H,4,7-8,13H2,1-3H3,(H,24,26)/t14-,15+,18-,19+/m1/s1. The van der Waals surface area contributed by atoms with E-state index in [1.165, 1.54) is 12.5 Å². The molecule has 3 rings (SSSR count). The quantitative estimate of drug-likeness (QED) is 0.422. The summed E-state index contributed by atoms with van der Waals surface area (Å²) in [6.45, 7) is 5.22. The second kappa shape index (κ2) is 9.24. The number of hydrogen-bond acceptors (Lipinski definition) is 5. The number of hydrogen-bond donors (Lipinski definition) is 1. The molecule has 1 fully saturated rings. The monoisotopic (exact) mass is 412 g/mol. The maximum Gasteiger partial charge on any atom is 0.329 e. The zero-order valence-corrected chi connectivity index (χ0v) is 17.6. The number of fused-ring (bicyclic) bond motifs is 1. The molecule has 2 aliphatic rings. The van der Waals surface area contributed by atoms with Crippen molar-refractivity contribution in [3.8, 4) is 0 Å². The van der Waals surface area contributed by atoms with Crippen molar-refractivity contribution in [3.05, 3.63) is 42.0 Å². The molecule has 0 unspecified atom stereocenters. The highest BCUT2D eigenvalue weighted by Crippen LogP contribution is 2.36. The van der Waals surface area contributed by atoms with Crippen molar-refractivity contribution >= 4 is 29.4 Å². The van der Waals surface area contributed by atoms with Crippen LogP contribution in [0.1, 0.15) is 51.5 Å². The van der Waals surface area contributed by atoms with Crippen LogP contribution in [0, 0.1) is 11.8 Å². The number of imide groups is 1. The average Bonchev–Trinajstić information content (AvgIpc) is 3.02. The zero-order chi connectivity index (χ0) is 21.8. The summed E-state index contributed by atoms with van der Waals surface area (Å²) in [6, 6.07) is 6.47. The molecular formula is C23H28N2O5. The van der Waals surface area contributed by atoms with Gasteiger partial charge in [-0.15, -0.1) is 0 Å². The van der Waals surface area contributed by atoms with Gasteiger partial charge in [0.05, 0.1) is 11.8 Å². The SMILES string of the molecule is CC[C@@H](C)c1ccc(NC(=O)COC(=O)[C@H](C)N2C(=O)[C@H]3CC=CC[C@H]3C2=O)cc1. The number of carbonyl (C=O) groups excluding carboxylic acids is 4. The minimum Gasteiger partial charge on any atom is -0.454 e. The Bertz CT molecular complexity index is 835. The normalized spacial score (nSPS) is 22.4. The van der Waals surface area contributed by atoms with Crippen LogP contribution in [0.15, 0.2) is 36.4 Å². The Morgan fingerprint density at radius 1 is 1.07 bits per heavy atom. The van der Waals surface area contributed by atoms with Crippen molar-refractivity contribution in [2.45, 2.75) is 52.0 Å². The molecule has 0 aromatic heterocycles. The topological polar surface area (TPSA) is 92.8 Å². The zero-order valence-electron chi connectivity index (χ0n) is 17.6.